The van der Waals surface area contributed by atoms with Crippen LogP contribution in [0.3, 0.4) is 0 Å². The van der Waals surface area contributed by atoms with Gasteiger partial charge in [-0.15, -0.1) is 0 Å². The quantitative estimate of drug-likeness (QED) is 0.700. The third kappa shape index (κ3) is 3.90. The van der Waals surface area contributed by atoms with Gasteiger partial charge in [-0.3, -0.25) is 4.72 Å². The molecule has 4 N–H and O–H groups in total. The maximum Gasteiger partial charge on any atom is 0.299 e. The van der Waals surface area contributed by atoms with Crippen molar-refractivity contribution in [3.05, 3.63) is 23.3 Å². The van der Waals surface area contributed by atoms with Crippen molar-refractivity contribution in [3.8, 4) is 0 Å². The van der Waals surface area contributed by atoms with Gasteiger partial charge in [-0.2, -0.15) is 13.1 Å². The number of aryl methyl sites for hydroxylation is 2. The Hall–Kier alpha value is -1.27. The lowest BCUT2D eigenvalue weighted by molar-refractivity contribution is 0.586. The largest absolute Gasteiger partial charge is 0.399 e. The van der Waals surface area contributed by atoms with Crippen LogP contribution in [0.25, 0.3) is 0 Å². The summed E-state index contributed by atoms with van der Waals surface area (Å²) in [6.45, 7) is 5.98. The molecule has 17 heavy (non-hydrogen) atoms. The van der Waals surface area contributed by atoms with Crippen LogP contribution in [0.4, 0.5) is 11.4 Å². The highest BCUT2D eigenvalue weighted by Gasteiger charge is 2.11. The SMILES string of the molecule is CCCNS(=O)(=O)Nc1cc(C)c(N)cc1C. The van der Waals surface area contributed by atoms with Crippen LogP contribution >= 0.6 is 0 Å². The molecule has 6 heteroatoms. The first kappa shape index (κ1) is 13.8. The number of nitrogen functional groups attached to an aromatic ring is 1. The predicted octanol–water partition coefficient (Wildman–Crippen LogP) is 1.54. The molecule has 0 fully saturated rings. The molecule has 0 spiro atoms. The van der Waals surface area contributed by atoms with Crippen molar-refractivity contribution in [2.75, 3.05) is 17.0 Å². The van der Waals surface area contributed by atoms with Crippen LogP contribution in [0.1, 0.15) is 24.5 Å². The molecule has 96 valence electrons. The molecular formula is C11H19N3O2S. The second kappa shape index (κ2) is 5.37. The molecule has 0 aliphatic rings. The minimum absolute atomic E-state index is 0.419. The number of benzene rings is 1. The average molecular weight is 257 g/mol. The number of nitrogens with one attached hydrogen (secondary N) is 2. The van der Waals surface area contributed by atoms with E-state index in [0.29, 0.717) is 17.9 Å². The Morgan fingerprint density at radius 2 is 1.88 bits per heavy atom. The van der Waals surface area contributed by atoms with Gasteiger partial charge in [0.15, 0.2) is 0 Å². The minimum Gasteiger partial charge on any atom is -0.399 e. The van der Waals surface area contributed by atoms with Crippen molar-refractivity contribution >= 4 is 21.6 Å². The topological polar surface area (TPSA) is 84.2 Å². The summed E-state index contributed by atoms with van der Waals surface area (Å²) >= 11 is 0. The van der Waals surface area contributed by atoms with E-state index in [1.54, 1.807) is 12.1 Å². The summed E-state index contributed by atoms with van der Waals surface area (Å²) in [6.07, 6.45) is 0.751. The van der Waals surface area contributed by atoms with Crippen molar-refractivity contribution in [1.82, 2.24) is 4.72 Å². The lowest BCUT2D eigenvalue weighted by Gasteiger charge is -2.13. The van der Waals surface area contributed by atoms with Gasteiger partial charge in [0, 0.05) is 12.2 Å². The van der Waals surface area contributed by atoms with Gasteiger partial charge in [0.25, 0.3) is 10.2 Å². The first-order valence-corrected chi connectivity index (χ1v) is 6.98. The number of hydrogen-bond donors (Lipinski definition) is 3. The maximum atomic E-state index is 11.7. The van der Waals surface area contributed by atoms with Crippen LogP contribution in [0, 0.1) is 13.8 Å². The van der Waals surface area contributed by atoms with Gasteiger partial charge in [0.05, 0.1) is 5.69 Å². The highest BCUT2D eigenvalue weighted by Crippen LogP contribution is 2.22. The fraction of sp³-hybridized carbons (Fsp3) is 0.455. The van der Waals surface area contributed by atoms with E-state index in [-0.39, 0.29) is 0 Å². The maximum absolute atomic E-state index is 11.7. The summed E-state index contributed by atoms with van der Waals surface area (Å²) in [4.78, 5) is 0. The zero-order valence-electron chi connectivity index (χ0n) is 10.4. The Labute approximate surface area is 103 Å². The summed E-state index contributed by atoms with van der Waals surface area (Å²) in [6, 6.07) is 3.49. The number of rotatable bonds is 5. The Bertz CT molecular complexity index is 498. The highest BCUT2D eigenvalue weighted by molar-refractivity contribution is 7.90. The summed E-state index contributed by atoms with van der Waals surface area (Å²) in [7, 11) is -3.49. The van der Waals surface area contributed by atoms with E-state index in [9.17, 15) is 8.42 Å². The monoisotopic (exact) mass is 257 g/mol. The standard InChI is InChI=1S/C11H19N3O2S/c1-4-5-13-17(15,16)14-11-7-8(2)10(12)6-9(11)3/h6-7,13-14H,4-5,12H2,1-3H3. The highest BCUT2D eigenvalue weighted by atomic mass is 32.2. The summed E-state index contributed by atoms with van der Waals surface area (Å²) in [5, 5.41) is 0. The van der Waals surface area contributed by atoms with E-state index >= 15 is 0 Å². The van der Waals surface area contributed by atoms with Crippen molar-refractivity contribution in [2.45, 2.75) is 27.2 Å². The second-order valence-electron chi connectivity index (χ2n) is 4.02. The number of anilines is 2. The van der Waals surface area contributed by atoms with Gasteiger partial charge in [-0.1, -0.05) is 6.92 Å². The third-order valence-electron chi connectivity index (χ3n) is 2.40. The first-order valence-electron chi connectivity index (χ1n) is 5.50. The summed E-state index contributed by atoms with van der Waals surface area (Å²) < 4.78 is 28.3. The van der Waals surface area contributed by atoms with Gasteiger partial charge in [-0.05, 0) is 43.5 Å². The zero-order valence-corrected chi connectivity index (χ0v) is 11.2. The molecule has 1 rings (SSSR count). The zero-order chi connectivity index (χ0) is 13.1. The van der Waals surface area contributed by atoms with E-state index < -0.39 is 10.2 Å². The lowest BCUT2D eigenvalue weighted by Crippen LogP contribution is -2.30. The molecule has 0 aromatic heterocycles. The Morgan fingerprint density at radius 1 is 1.24 bits per heavy atom. The molecular weight excluding hydrogens is 238 g/mol. The Balaban J connectivity index is 2.92. The molecule has 0 unspecified atom stereocenters. The number of nitrogens with two attached hydrogens (primary N) is 1. The molecule has 5 nitrogen and oxygen atoms in total. The van der Waals surface area contributed by atoms with Crippen LogP contribution in [-0.2, 0) is 10.2 Å². The summed E-state index contributed by atoms with van der Waals surface area (Å²) in [5.41, 5.74) is 8.61. The van der Waals surface area contributed by atoms with E-state index in [4.69, 9.17) is 5.73 Å². The van der Waals surface area contributed by atoms with Gasteiger partial charge in [0.2, 0.25) is 0 Å². The van der Waals surface area contributed by atoms with Gasteiger partial charge < -0.3 is 5.73 Å². The third-order valence-corrected chi connectivity index (χ3v) is 3.47. The average Bonchev–Trinajstić information content (AvgIpc) is 2.23. The van der Waals surface area contributed by atoms with Crippen LogP contribution < -0.4 is 15.2 Å². The van der Waals surface area contributed by atoms with E-state index in [0.717, 1.165) is 17.5 Å². The van der Waals surface area contributed by atoms with Gasteiger partial charge in [0.1, 0.15) is 0 Å². The van der Waals surface area contributed by atoms with E-state index in [2.05, 4.69) is 9.44 Å². The van der Waals surface area contributed by atoms with Crippen molar-refractivity contribution in [2.24, 2.45) is 0 Å². The molecule has 0 bridgehead atoms. The van der Waals surface area contributed by atoms with Crippen molar-refractivity contribution in [1.29, 1.82) is 0 Å². The van der Waals surface area contributed by atoms with Crippen molar-refractivity contribution < 1.29 is 8.42 Å². The van der Waals surface area contributed by atoms with Gasteiger partial charge >= 0.3 is 0 Å². The molecule has 0 amide bonds. The van der Waals surface area contributed by atoms with Crippen LogP contribution in [0.2, 0.25) is 0 Å². The fourth-order valence-electron chi connectivity index (χ4n) is 1.37. The molecule has 0 saturated carbocycles. The molecule has 1 aromatic carbocycles. The van der Waals surface area contributed by atoms with Gasteiger partial charge in [-0.25, -0.2) is 0 Å². The Kier molecular flexibility index (Phi) is 4.36. The molecule has 0 radical (unpaired) electrons. The molecule has 0 aliphatic carbocycles. The second-order valence-corrected chi connectivity index (χ2v) is 5.52. The van der Waals surface area contributed by atoms with Crippen LogP contribution in [0.15, 0.2) is 12.1 Å². The molecule has 0 aliphatic heterocycles. The first-order chi connectivity index (χ1) is 7.85. The predicted molar refractivity (Wildman–Crippen MR) is 71.2 cm³/mol. The smallest absolute Gasteiger partial charge is 0.299 e. The fourth-order valence-corrected chi connectivity index (χ4v) is 2.42. The minimum atomic E-state index is -3.49. The van der Waals surface area contributed by atoms with E-state index in [1.807, 2.05) is 20.8 Å². The number of hydrogen-bond acceptors (Lipinski definition) is 3. The molecule has 1 aromatic rings. The lowest BCUT2D eigenvalue weighted by atomic mass is 10.1. The normalized spacial score (nSPS) is 11.5. The molecule has 0 saturated heterocycles. The van der Waals surface area contributed by atoms with E-state index in [1.165, 1.54) is 0 Å². The molecule has 0 heterocycles. The molecule has 0 atom stereocenters. The van der Waals surface area contributed by atoms with Crippen LogP contribution in [-0.4, -0.2) is 15.0 Å². The van der Waals surface area contributed by atoms with Crippen LogP contribution in [0.5, 0.6) is 0 Å². The van der Waals surface area contributed by atoms with Crippen molar-refractivity contribution in [3.63, 3.8) is 0 Å². The summed E-state index contributed by atoms with van der Waals surface area (Å²) in [5.74, 6) is 0. The Morgan fingerprint density at radius 3 is 2.47 bits per heavy atom.